The van der Waals surface area contributed by atoms with Crippen molar-refractivity contribution in [3.63, 3.8) is 0 Å². The van der Waals surface area contributed by atoms with Crippen LogP contribution in [-0.4, -0.2) is 25.4 Å². The molecule has 0 aliphatic carbocycles. The number of nitrogens with one attached hydrogen (secondary N) is 1. The van der Waals surface area contributed by atoms with E-state index in [2.05, 4.69) is 23.9 Å². The minimum atomic E-state index is -2.79. The Bertz CT molecular complexity index is 440. The van der Waals surface area contributed by atoms with E-state index >= 15 is 0 Å². The van der Waals surface area contributed by atoms with Crippen molar-refractivity contribution in [1.82, 2.24) is 5.32 Å². The Kier molecular flexibility index (Phi) is 5.94. The predicted octanol–water partition coefficient (Wildman–Crippen LogP) is 3.58. The molecule has 1 fully saturated rings. The minimum Gasteiger partial charge on any atom is -0.434 e. The van der Waals surface area contributed by atoms with Crippen LogP contribution in [-0.2, 0) is 11.3 Å². The van der Waals surface area contributed by atoms with Gasteiger partial charge in [0, 0.05) is 24.8 Å². The summed E-state index contributed by atoms with van der Waals surface area (Å²) in [5.74, 6) is 0.733. The van der Waals surface area contributed by atoms with Crippen molar-refractivity contribution in [2.45, 2.75) is 52.0 Å². The van der Waals surface area contributed by atoms with E-state index < -0.39 is 6.61 Å². The second-order valence-electron chi connectivity index (χ2n) is 5.74. The molecule has 2 unspecified atom stereocenters. The van der Waals surface area contributed by atoms with Gasteiger partial charge in [-0.3, -0.25) is 0 Å². The first-order valence-corrected chi connectivity index (χ1v) is 7.44. The first-order valence-electron chi connectivity index (χ1n) is 7.44. The molecule has 1 aliphatic heterocycles. The number of hydrogen-bond acceptors (Lipinski definition) is 3. The van der Waals surface area contributed by atoms with Gasteiger partial charge < -0.3 is 14.8 Å². The molecule has 21 heavy (non-hydrogen) atoms. The summed E-state index contributed by atoms with van der Waals surface area (Å²) in [6, 6.07) is 7.26. The Morgan fingerprint density at radius 1 is 1.33 bits per heavy atom. The lowest BCUT2D eigenvalue weighted by molar-refractivity contribution is -0.0506. The summed E-state index contributed by atoms with van der Waals surface area (Å²) in [5.41, 5.74) is 0.755. The molecule has 1 heterocycles. The van der Waals surface area contributed by atoms with Crippen molar-refractivity contribution in [2.75, 3.05) is 6.61 Å². The van der Waals surface area contributed by atoms with Crippen molar-refractivity contribution >= 4 is 0 Å². The summed E-state index contributed by atoms with van der Waals surface area (Å²) in [4.78, 5) is 0. The number of rotatable bonds is 6. The molecule has 1 N–H and O–H groups in total. The first kappa shape index (κ1) is 16.2. The molecule has 5 heteroatoms. The maximum atomic E-state index is 12.4. The Morgan fingerprint density at radius 2 is 2.10 bits per heavy atom. The first-order chi connectivity index (χ1) is 10.1. The highest BCUT2D eigenvalue weighted by Crippen LogP contribution is 2.23. The number of ether oxygens (including phenoxy) is 2. The fourth-order valence-corrected chi connectivity index (χ4v) is 2.59. The zero-order valence-electron chi connectivity index (χ0n) is 12.5. The number of halogens is 2. The Hall–Kier alpha value is -1.20. The molecule has 118 valence electrons. The lowest BCUT2D eigenvalue weighted by atomic mass is 9.95. The third-order valence-corrected chi connectivity index (χ3v) is 3.83. The van der Waals surface area contributed by atoms with Crippen LogP contribution in [0.4, 0.5) is 8.78 Å². The van der Waals surface area contributed by atoms with Gasteiger partial charge in [0.1, 0.15) is 5.75 Å². The topological polar surface area (TPSA) is 30.5 Å². The molecule has 3 nitrogen and oxygen atoms in total. The summed E-state index contributed by atoms with van der Waals surface area (Å²) in [6.45, 7) is 2.78. The van der Waals surface area contributed by atoms with Gasteiger partial charge >= 0.3 is 6.61 Å². The van der Waals surface area contributed by atoms with E-state index in [1.54, 1.807) is 12.1 Å². The van der Waals surface area contributed by atoms with Crippen LogP contribution in [0.25, 0.3) is 0 Å². The number of hydrogen-bond donors (Lipinski definition) is 1. The fourth-order valence-electron chi connectivity index (χ4n) is 2.59. The van der Waals surface area contributed by atoms with Crippen molar-refractivity contribution in [1.29, 1.82) is 0 Å². The molecular formula is C16H23F2NO2. The monoisotopic (exact) mass is 299 g/mol. The Morgan fingerprint density at radius 3 is 2.81 bits per heavy atom. The van der Waals surface area contributed by atoms with Gasteiger partial charge in [-0.2, -0.15) is 8.78 Å². The van der Waals surface area contributed by atoms with Crippen LogP contribution in [0.5, 0.6) is 5.75 Å². The summed E-state index contributed by atoms with van der Waals surface area (Å²) in [6.07, 6.45) is 2.17. The largest absolute Gasteiger partial charge is 0.434 e. The zero-order valence-corrected chi connectivity index (χ0v) is 12.5. The zero-order chi connectivity index (χ0) is 15.2. The third kappa shape index (κ3) is 4.93. The molecular weight excluding hydrogens is 276 g/mol. The smallest absolute Gasteiger partial charge is 0.387 e. The second-order valence-corrected chi connectivity index (χ2v) is 5.74. The van der Waals surface area contributed by atoms with Gasteiger partial charge in [0.2, 0.25) is 0 Å². The van der Waals surface area contributed by atoms with Crippen LogP contribution in [0.1, 0.15) is 32.3 Å². The van der Waals surface area contributed by atoms with Gasteiger partial charge in [-0.05, 0) is 24.8 Å². The average molecular weight is 299 g/mol. The van der Waals surface area contributed by atoms with Gasteiger partial charge in [0.05, 0.1) is 6.10 Å². The Labute approximate surface area is 124 Å². The molecule has 0 aromatic heterocycles. The molecule has 2 atom stereocenters. The SMILES string of the molecule is CC(C)C1CC(NCc2ccccc2OC(F)F)CCO1. The van der Waals surface area contributed by atoms with Crippen LogP contribution in [0.3, 0.4) is 0 Å². The fraction of sp³-hybridized carbons (Fsp3) is 0.625. The van der Waals surface area contributed by atoms with Crippen LogP contribution >= 0.6 is 0 Å². The van der Waals surface area contributed by atoms with Crippen molar-refractivity contribution in [3.05, 3.63) is 29.8 Å². The normalized spacial score (nSPS) is 22.8. The van der Waals surface area contributed by atoms with Crippen LogP contribution < -0.4 is 10.1 Å². The van der Waals surface area contributed by atoms with E-state index in [1.165, 1.54) is 0 Å². The molecule has 0 spiro atoms. The average Bonchev–Trinajstić information content (AvgIpc) is 2.46. The van der Waals surface area contributed by atoms with Gasteiger partial charge in [0.25, 0.3) is 0 Å². The molecule has 1 saturated heterocycles. The van der Waals surface area contributed by atoms with E-state index in [4.69, 9.17) is 4.74 Å². The van der Waals surface area contributed by atoms with E-state index in [1.807, 2.05) is 12.1 Å². The highest BCUT2D eigenvalue weighted by Gasteiger charge is 2.24. The van der Waals surface area contributed by atoms with Gasteiger partial charge in [0.15, 0.2) is 0 Å². The molecule has 2 rings (SSSR count). The van der Waals surface area contributed by atoms with Crippen LogP contribution in [0, 0.1) is 5.92 Å². The molecule has 0 amide bonds. The van der Waals surface area contributed by atoms with Crippen molar-refractivity contribution in [2.24, 2.45) is 5.92 Å². The highest BCUT2D eigenvalue weighted by molar-refractivity contribution is 5.33. The van der Waals surface area contributed by atoms with Crippen molar-refractivity contribution < 1.29 is 18.3 Å². The van der Waals surface area contributed by atoms with E-state index in [0.717, 1.165) is 25.0 Å². The summed E-state index contributed by atoms with van der Waals surface area (Å²) >= 11 is 0. The third-order valence-electron chi connectivity index (χ3n) is 3.83. The maximum absolute atomic E-state index is 12.4. The Balaban J connectivity index is 1.90. The molecule has 1 aromatic carbocycles. The van der Waals surface area contributed by atoms with Crippen LogP contribution in [0.15, 0.2) is 24.3 Å². The van der Waals surface area contributed by atoms with Gasteiger partial charge in [-0.15, -0.1) is 0 Å². The minimum absolute atomic E-state index is 0.243. The second kappa shape index (κ2) is 7.71. The van der Waals surface area contributed by atoms with Crippen LogP contribution in [0.2, 0.25) is 0 Å². The van der Waals surface area contributed by atoms with Crippen molar-refractivity contribution in [3.8, 4) is 5.75 Å². The molecule has 0 saturated carbocycles. The quantitative estimate of drug-likeness (QED) is 0.871. The highest BCUT2D eigenvalue weighted by atomic mass is 19.3. The number of alkyl halides is 2. The summed E-state index contributed by atoms with van der Waals surface area (Å²) in [5, 5.41) is 3.43. The molecule has 1 aliphatic rings. The maximum Gasteiger partial charge on any atom is 0.387 e. The lowest BCUT2D eigenvalue weighted by Crippen LogP contribution is -2.40. The molecule has 0 radical (unpaired) electrons. The van der Waals surface area contributed by atoms with E-state index in [0.29, 0.717) is 18.5 Å². The van der Waals surface area contributed by atoms with Gasteiger partial charge in [-0.1, -0.05) is 32.0 Å². The summed E-state index contributed by atoms with van der Waals surface area (Å²) < 4.78 is 35.0. The van der Waals surface area contributed by atoms with Gasteiger partial charge in [-0.25, -0.2) is 0 Å². The van der Waals surface area contributed by atoms with E-state index in [-0.39, 0.29) is 11.9 Å². The van der Waals surface area contributed by atoms with E-state index in [9.17, 15) is 8.78 Å². The number of para-hydroxylation sites is 1. The molecule has 1 aromatic rings. The molecule has 0 bridgehead atoms. The lowest BCUT2D eigenvalue weighted by Gasteiger charge is -2.32. The predicted molar refractivity (Wildman–Crippen MR) is 77.5 cm³/mol. The summed E-state index contributed by atoms with van der Waals surface area (Å²) in [7, 11) is 0. The number of benzene rings is 1. The standard InChI is InChI=1S/C16H23F2NO2/c1-11(2)15-9-13(7-8-20-15)19-10-12-5-3-4-6-14(12)21-16(17)18/h3-6,11,13,15-16,19H,7-10H2,1-2H3.